The standard InChI is InChI=1S/C28H35N7O5/c1-17(36)33-22(12-7-13-31-28(29)30)25(37)34-23(14-18-8-3-2-4-9-18)26(38)35-24(27(39)40)15-19-16-32-21-11-6-5-10-20(19)21/h2-6,8-11,16,22-24,32H,7,12-15H2,1H3,(H,33,36)(H,34,37)(H,35,38)(H,39,40)(H4,29,30,31)/t22-,23-,24-/m0/s1. The minimum absolute atomic E-state index is 0.0365. The van der Waals surface area contributed by atoms with E-state index >= 15 is 0 Å². The van der Waals surface area contributed by atoms with Gasteiger partial charge in [-0.2, -0.15) is 0 Å². The number of nitrogens with two attached hydrogens (primary N) is 1. The third-order valence-corrected chi connectivity index (χ3v) is 6.31. The Labute approximate surface area is 231 Å². The lowest BCUT2D eigenvalue weighted by Crippen LogP contribution is -2.56. The van der Waals surface area contributed by atoms with Gasteiger partial charge in [0.1, 0.15) is 18.1 Å². The molecule has 1 aromatic heterocycles. The van der Waals surface area contributed by atoms with E-state index in [0.29, 0.717) is 13.0 Å². The Morgan fingerprint density at radius 2 is 1.55 bits per heavy atom. The van der Waals surface area contributed by atoms with Crippen LogP contribution in [0.3, 0.4) is 0 Å². The van der Waals surface area contributed by atoms with Crippen LogP contribution in [0.5, 0.6) is 0 Å². The molecule has 0 spiro atoms. The summed E-state index contributed by atoms with van der Waals surface area (Å²) in [6.45, 7) is 1.60. The predicted octanol–water partition coefficient (Wildman–Crippen LogP) is 0.775. The fourth-order valence-corrected chi connectivity index (χ4v) is 4.37. The van der Waals surface area contributed by atoms with E-state index in [1.165, 1.54) is 6.92 Å². The number of hydrogen-bond acceptors (Lipinski definition) is 5. The van der Waals surface area contributed by atoms with Gasteiger partial charge in [0.15, 0.2) is 5.96 Å². The second kappa shape index (κ2) is 14.3. The summed E-state index contributed by atoms with van der Waals surface area (Å²) in [7, 11) is 0. The van der Waals surface area contributed by atoms with Crippen LogP contribution < -0.4 is 27.0 Å². The second-order valence-corrected chi connectivity index (χ2v) is 9.45. The number of carboxylic acids is 1. The van der Waals surface area contributed by atoms with E-state index < -0.39 is 41.8 Å². The van der Waals surface area contributed by atoms with Crippen LogP contribution in [-0.4, -0.2) is 64.4 Å². The molecule has 0 aliphatic heterocycles. The molecule has 40 heavy (non-hydrogen) atoms. The monoisotopic (exact) mass is 549 g/mol. The van der Waals surface area contributed by atoms with Gasteiger partial charge >= 0.3 is 5.97 Å². The van der Waals surface area contributed by atoms with Crippen LogP contribution in [0.25, 0.3) is 10.9 Å². The topological polar surface area (TPSA) is 202 Å². The van der Waals surface area contributed by atoms with Crippen LogP contribution in [-0.2, 0) is 32.0 Å². The Hall–Kier alpha value is -4.87. The van der Waals surface area contributed by atoms with Gasteiger partial charge in [-0.05, 0) is 30.0 Å². The van der Waals surface area contributed by atoms with Crippen LogP contribution in [0.15, 0.2) is 60.8 Å². The molecule has 12 nitrogen and oxygen atoms in total. The van der Waals surface area contributed by atoms with Gasteiger partial charge in [0.05, 0.1) is 0 Å². The molecule has 1 heterocycles. The highest BCUT2D eigenvalue weighted by Gasteiger charge is 2.30. The summed E-state index contributed by atoms with van der Waals surface area (Å²) in [5.74, 6) is -3.09. The zero-order chi connectivity index (χ0) is 29.1. The van der Waals surface area contributed by atoms with Crippen LogP contribution in [0, 0.1) is 5.41 Å². The van der Waals surface area contributed by atoms with E-state index in [1.807, 2.05) is 30.3 Å². The number of rotatable bonds is 14. The Balaban J connectivity index is 1.77. The first kappa shape index (κ1) is 29.7. The molecule has 0 fully saturated rings. The van der Waals surface area contributed by atoms with Gasteiger partial charge in [0, 0.05) is 43.4 Å². The Morgan fingerprint density at radius 3 is 2.23 bits per heavy atom. The number of benzene rings is 2. The molecular weight excluding hydrogens is 514 g/mol. The lowest BCUT2D eigenvalue weighted by molar-refractivity contribution is -0.142. The first-order chi connectivity index (χ1) is 19.1. The van der Waals surface area contributed by atoms with Gasteiger partial charge in [-0.1, -0.05) is 48.5 Å². The number of nitrogens with one attached hydrogen (secondary N) is 6. The average molecular weight is 550 g/mol. The van der Waals surface area contributed by atoms with Crippen molar-refractivity contribution < 1.29 is 24.3 Å². The number of carbonyl (C=O) groups is 4. The molecule has 0 bridgehead atoms. The fourth-order valence-electron chi connectivity index (χ4n) is 4.37. The summed E-state index contributed by atoms with van der Waals surface area (Å²) in [5, 5.41) is 28.5. The van der Waals surface area contributed by atoms with Crippen molar-refractivity contribution in [2.24, 2.45) is 5.73 Å². The maximum absolute atomic E-state index is 13.4. The van der Waals surface area contributed by atoms with E-state index in [2.05, 4.69) is 26.3 Å². The number of carboxylic acid groups (broad SMARTS) is 1. The molecule has 3 rings (SSSR count). The van der Waals surface area contributed by atoms with Gasteiger partial charge < -0.3 is 37.1 Å². The number of hydrogen-bond donors (Lipinski definition) is 8. The number of H-pyrrole nitrogens is 1. The Morgan fingerprint density at radius 1 is 0.900 bits per heavy atom. The molecule has 0 saturated heterocycles. The summed E-state index contributed by atoms with van der Waals surface area (Å²) < 4.78 is 0. The highest BCUT2D eigenvalue weighted by atomic mass is 16.4. The van der Waals surface area contributed by atoms with E-state index in [-0.39, 0.29) is 25.2 Å². The van der Waals surface area contributed by atoms with E-state index in [4.69, 9.17) is 11.1 Å². The molecule has 9 N–H and O–H groups in total. The number of para-hydroxylation sites is 1. The van der Waals surface area contributed by atoms with Crippen LogP contribution >= 0.6 is 0 Å². The number of guanidine groups is 1. The van der Waals surface area contributed by atoms with Crippen molar-refractivity contribution in [1.82, 2.24) is 26.3 Å². The molecule has 0 saturated carbocycles. The summed E-state index contributed by atoms with van der Waals surface area (Å²) in [4.78, 5) is 53.7. The highest BCUT2D eigenvalue weighted by molar-refractivity contribution is 5.93. The van der Waals surface area contributed by atoms with Crippen molar-refractivity contribution in [1.29, 1.82) is 5.41 Å². The lowest BCUT2D eigenvalue weighted by atomic mass is 10.0. The average Bonchev–Trinajstić information content (AvgIpc) is 3.32. The van der Waals surface area contributed by atoms with Crippen LogP contribution in [0.1, 0.15) is 30.9 Å². The van der Waals surface area contributed by atoms with Gasteiger partial charge in [-0.25, -0.2) is 4.79 Å². The summed E-state index contributed by atoms with van der Waals surface area (Å²) in [5.41, 5.74) is 7.63. The zero-order valence-electron chi connectivity index (χ0n) is 22.2. The van der Waals surface area contributed by atoms with E-state index in [9.17, 15) is 24.3 Å². The molecule has 0 unspecified atom stereocenters. The van der Waals surface area contributed by atoms with Gasteiger partial charge in [-0.15, -0.1) is 0 Å². The summed E-state index contributed by atoms with van der Waals surface area (Å²) in [6, 6.07) is 13.2. The van der Waals surface area contributed by atoms with Gasteiger partial charge in [0.25, 0.3) is 0 Å². The second-order valence-electron chi connectivity index (χ2n) is 9.45. The third-order valence-electron chi connectivity index (χ3n) is 6.31. The molecule has 0 radical (unpaired) electrons. The van der Waals surface area contributed by atoms with Crippen LogP contribution in [0.4, 0.5) is 0 Å². The molecule has 2 aromatic carbocycles. The van der Waals surface area contributed by atoms with Crippen molar-refractivity contribution in [2.45, 2.75) is 50.7 Å². The minimum atomic E-state index is -1.24. The number of fused-ring (bicyclic) bond motifs is 1. The zero-order valence-corrected chi connectivity index (χ0v) is 22.2. The van der Waals surface area contributed by atoms with Crippen molar-refractivity contribution in [3.63, 3.8) is 0 Å². The number of aromatic nitrogens is 1. The van der Waals surface area contributed by atoms with E-state index in [1.54, 1.807) is 30.5 Å². The summed E-state index contributed by atoms with van der Waals surface area (Å²) >= 11 is 0. The van der Waals surface area contributed by atoms with Gasteiger partial charge in [0.2, 0.25) is 17.7 Å². The SMILES string of the molecule is CC(=O)N[C@@H](CCCNC(=N)N)C(=O)N[C@@H](Cc1ccccc1)C(=O)N[C@@H](Cc1c[nH]c2ccccc12)C(=O)O. The van der Waals surface area contributed by atoms with Crippen LogP contribution in [0.2, 0.25) is 0 Å². The minimum Gasteiger partial charge on any atom is -0.480 e. The van der Waals surface area contributed by atoms with E-state index in [0.717, 1.165) is 22.0 Å². The molecule has 0 aliphatic carbocycles. The third kappa shape index (κ3) is 8.86. The van der Waals surface area contributed by atoms with Crippen molar-refractivity contribution in [3.8, 4) is 0 Å². The molecule has 212 valence electrons. The first-order valence-electron chi connectivity index (χ1n) is 12.9. The molecule has 12 heteroatoms. The van der Waals surface area contributed by atoms with Gasteiger partial charge in [-0.3, -0.25) is 19.8 Å². The fraction of sp³-hybridized carbons (Fsp3) is 0.321. The number of aromatic amines is 1. The van der Waals surface area contributed by atoms with Crippen molar-refractivity contribution in [2.75, 3.05) is 6.54 Å². The Kier molecular flexibility index (Phi) is 10.6. The first-order valence-corrected chi connectivity index (χ1v) is 12.9. The summed E-state index contributed by atoms with van der Waals surface area (Å²) in [6.07, 6.45) is 2.50. The smallest absolute Gasteiger partial charge is 0.326 e. The molecule has 0 aliphatic rings. The molecular formula is C28H35N7O5. The quantitative estimate of drug-likeness (QED) is 0.0824. The largest absolute Gasteiger partial charge is 0.480 e. The number of amides is 3. The number of aliphatic carboxylic acids is 1. The Bertz CT molecular complexity index is 1340. The molecule has 3 aromatic rings. The predicted molar refractivity (Wildman–Crippen MR) is 150 cm³/mol. The number of carbonyl (C=O) groups excluding carboxylic acids is 3. The normalized spacial score (nSPS) is 13.0. The molecule has 3 amide bonds. The maximum atomic E-state index is 13.4. The maximum Gasteiger partial charge on any atom is 0.326 e. The van der Waals surface area contributed by atoms with Crippen molar-refractivity contribution in [3.05, 3.63) is 71.9 Å². The lowest BCUT2D eigenvalue weighted by Gasteiger charge is -2.24. The highest BCUT2D eigenvalue weighted by Crippen LogP contribution is 2.19. The molecule has 3 atom stereocenters. The van der Waals surface area contributed by atoms with Crippen molar-refractivity contribution >= 4 is 40.6 Å².